The Labute approximate surface area is 229 Å². The summed E-state index contributed by atoms with van der Waals surface area (Å²) >= 11 is 0.743. The lowest BCUT2D eigenvalue weighted by molar-refractivity contribution is -0.237. The summed E-state index contributed by atoms with van der Waals surface area (Å²) < 4.78 is 62.7. The van der Waals surface area contributed by atoms with E-state index in [1.54, 1.807) is 12.1 Å². The molecule has 1 aromatic rings. The van der Waals surface area contributed by atoms with Gasteiger partial charge in [-0.15, -0.1) is 0 Å². The third-order valence-electron chi connectivity index (χ3n) is 4.90. The van der Waals surface area contributed by atoms with Gasteiger partial charge < -0.3 is 23.7 Å². The van der Waals surface area contributed by atoms with Crippen LogP contribution >= 0.6 is 11.8 Å². The normalized spacial score (nSPS) is 23.3. The van der Waals surface area contributed by atoms with Crippen molar-refractivity contribution in [2.75, 3.05) is 6.61 Å². The molecule has 1 N–H and O–H groups in total. The summed E-state index contributed by atoms with van der Waals surface area (Å²) in [6.07, 6.45) is -4.94. The van der Waals surface area contributed by atoms with Crippen molar-refractivity contribution in [2.24, 2.45) is 5.16 Å². The summed E-state index contributed by atoms with van der Waals surface area (Å²) in [7, 11) is -4.96. The first-order valence-corrected chi connectivity index (χ1v) is 13.7. The quantitative estimate of drug-likeness (QED) is 0.0974. The lowest BCUT2D eigenvalue weighted by Gasteiger charge is -2.44. The molecule has 0 radical (unpaired) electrons. The first kappa shape index (κ1) is 32.0. The van der Waals surface area contributed by atoms with Crippen molar-refractivity contribution in [1.82, 2.24) is 0 Å². The number of hydrogen-bond acceptors (Lipinski definition) is 14. The number of esters is 4. The van der Waals surface area contributed by atoms with Crippen molar-refractivity contribution in [3.05, 3.63) is 35.9 Å². The van der Waals surface area contributed by atoms with Gasteiger partial charge in [0.1, 0.15) is 23.2 Å². The maximum atomic E-state index is 12.0. The summed E-state index contributed by atoms with van der Waals surface area (Å²) in [6.45, 7) is 3.97. The summed E-state index contributed by atoms with van der Waals surface area (Å²) in [6, 6.07) is 9.05. The number of rotatable bonds is 11. The Bertz CT molecular complexity index is 1160. The summed E-state index contributed by atoms with van der Waals surface area (Å²) in [5.74, 6) is -3.07. The number of hydrogen-bond donors (Lipinski definition) is 1. The molecule has 0 aromatic heterocycles. The van der Waals surface area contributed by atoms with Gasteiger partial charge in [-0.1, -0.05) is 47.2 Å². The molecule has 16 heteroatoms. The molecule has 0 amide bonds. The molecule has 5 atom stereocenters. The number of ether oxygens (including phenoxy) is 5. The molecule has 2 rings (SSSR count). The lowest BCUT2D eigenvalue weighted by Crippen LogP contribution is -2.61. The second kappa shape index (κ2) is 14.8. The molecule has 0 aliphatic carbocycles. The minimum atomic E-state index is -4.96. The van der Waals surface area contributed by atoms with E-state index in [9.17, 15) is 27.6 Å². The summed E-state index contributed by atoms with van der Waals surface area (Å²) in [5, 5.41) is 3.50. The van der Waals surface area contributed by atoms with Crippen molar-refractivity contribution >= 4 is 51.1 Å². The standard InChI is InChI=1S/C23H29NO13S2/c1-13(25)32-12-18-20(33-14(2)26)21(34-15(3)27)22(35-16(4)28)23(36-18)38-19(24-37-39(29,30)31)11-10-17-8-6-5-7-9-17/h5-9,18,20-23H,10-12H2,1-4H3,(H,29,30,31)/t18-,20+,21+,22-,23+/m0/s1. The Morgan fingerprint density at radius 2 is 1.46 bits per heavy atom. The van der Waals surface area contributed by atoms with Gasteiger partial charge in [0.2, 0.25) is 0 Å². The van der Waals surface area contributed by atoms with Crippen LogP contribution in [0, 0.1) is 0 Å². The number of nitrogens with zero attached hydrogens (tertiary/aromatic N) is 1. The highest BCUT2D eigenvalue weighted by atomic mass is 32.3. The van der Waals surface area contributed by atoms with Crippen LogP contribution in [0.2, 0.25) is 0 Å². The van der Waals surface area contributed by atoms with Gasteiger partial charge in [0.15, 0.2) is 18.3 Å². The molecule has 14 nitrogen and oxygen atoms in total. The maximum Gasteiger partial charge on any atom is 0.466 e. The zero-order valence-corrected chi connectivity index (χ0v) is 23.1. The lowest BCUT2D eigenvalue weighted by atomic mass is 9.99. The average molecular weight is 592 g/mol. The number of aryl methyl sites for hydroxylation is 1. The fourth-order valence-corrected chi connectivity index (χ4v) is 4.87. The predicted octanol–water partition coefficient (Wildman–Crippen LogP) is 1.57. The van der Waals surface area contributed by atoms with Crippen LogP contribution in [-0.4, -0.2) is 78.4 Å². The van der Waals surface area contributed by atoms with Gasteiger partial charge in [-0.2, -0.15) is 8.42 Å². The zero-order valence-electron chi connectivity index (χ0n) is 21.5. The molecule has 39 heavy (non-hydrogen) atoms. The van der Waals surface area contributed by atoms with Crippen LogP contribution in [0.4, 0.5) is 0 Å². The summed E-state index contributed by atoms with van der Waals surface area (Å²) in [5.41, 5.74) is -0.399. The van der Waals surface area contributed by atoms with E-state index in [-0.39, 0.29) is 11.5 Å². The third-order valence-corrected chi connectivity index (χ3v) is 6.33. The molecule has 1 aliphatic heterocycles. The van der Waals surface area contributed by atoms with Gasteiger partial charge in [-0.3, -0.25) is 23.7 Å². The van der Waals surface area contributed by atoms with Crippen LogP contribution in [0.1, 0.15) is 39.7 Å². The molecule has 1 heterocycles. The highest BCUT2D eigenvalue weighted by molar-refractivity contribution is 8.14. The topological polar surface area (TPSA) is 190 Å². The number of carbonyl (C=O) groups excluding carboxylic acids is 4. The smallest absolute Gasteiger partial charge is 0.463 e. The van der Waals surface area contributed by atoms with Gasteiger partial charge in [0.05, 0.1) is 0 Å². The van der Waals surface area contributed by atoms with Crippen LogP contribution in [0.25, 0.3) is 0 Å². The van der Waals surface area contributed by atoms with E-state index in [1.165, 1.54) is 0 Å². The SMILES string of the molecule is CC(=O)OC[C@@H]1O[C@H](SC(CCc2ccccc2)=NOS(=O)(=O)O)[C@@H](OC(C)=O)[C@H](OC(C)=O)[C@@H]1OC(C)=O. The van der Waals surface area contributed by atoms with E-state index in [1.807, 2.05) is 18.2 Å². The van der Waals surface area contributed by atoms with Crippen molar-refractivity contribution in [1.29, 1.82) is 0 Å². The highest BCUT2D eigenvalue weighted by Crippen LogP contribution is 2.35. The van der Waals surface area contributed by atoms with E-state index in [4.69, 9.17) is 28.2 Å². The largest absolute Gasteiger partial charge is 0.466 e. The molecule has 0 saturated carbocycles. The van der Waals surface area contributed by atoms with E-state index in [2.05, 4.69) is 9.44 Å². The van der Waals surface area contributed by atoms with E-state index in [0.29, 0.717) is 6.42 Å². The fourth-order valence-electron chi connectivity index (χ4n) is 3.53. The number of oxime groups is 1. The van der Waals surface area contributed by atoms with Crippen LogP contribution < -0.4 is 0 Å². The van der Waals surface area contributed by atoms with E-state index in [0.717, 1.165) is 45.0 Å². The third kappa shape index (κ3) is 11.6. The van der Waals surface area contributed by atoms with Gasteiger partial charge in [0, 0.05) is 34.1 Å². The number of carbonyl (C=O) groups is 4. The molecule has 0 bridgehead atoms. The average Bonchev–Trinajstić information content (AvgIpc) is 2.82. The van der Waals surface area contributed by atoms with Crippen LogP contribution in [0.5, 0.6) is 0 Å². The molecule has 1 fully saturated rings. The van der Waals surface area contributed by atoms with Crippen LogP contribution in [0.3, 0.4) is 0 Å². The fraction of sp³-hybridized carbons (Fsp3) is 0.522. The van der Waals surface area contributed by atoms with E-state index >= 15 is 0 Å². The molecule has 216 valence electrons. The Morgan fingerprint density at radius 3 is 2.00 bits per heavy atom. The zero-order chi connectivity index (χ0) is 29.2. The van der Waals surface area contributed by atoms with Gasteiger partial charge in [-0.25, -0.2) is 4.28 Å². The summed E-state index contributed by atoms with van der Waals surface area (Å²) in [4.78, 5) is 47.3. The van der Waals surface area contributed by atoms with Gasteiger partial charge in [0.25, 0.3) is 0 Å². The minimum Gasteiger partial charge on any atom is -0.463 e. The molecular formula is C23H29NO13S2. The molecule has 1 aromatic carbocycles. The molecule has 0 unspecified atom stereocenters. The molecule has 1 saturated heterocycles. The Morgan fingerprint density at radius 1 is 0.897 bits per heavy atom. The Hall–Kier alpha value is -3.21. The molecule has 1 aliphatic rings. The molecular weight excluding hydrogens is 562 g/mol. The van der Waals surface area contributed by atoms with Crippen molar-refractivity contribution in [2.45, 2.75) is 70.4 Å². The highest BCUT2D eigenvalue weighted by Gasteiger charge is 2.52. The van der Waals surface area contributed by atoms with Gasteiger partial charge in [-0.05, 0) is 12.0 Å². The van der Waals surface area contributed by atoms with Crippen molar-refractivity contribution < 1.29 is 60.1 Å². The predicted molar refractivity (Wildman–Crippen MR) is 134 cm³/mol. The minimum absolute atomic E-state index is 0.0163. The number of benzene rings is 1. The number of thioether (sulfide) groups is 1. The van der Waals surface area contributed by atoms with Crippen LogP contribution in [0.15, 0.2) is 35.5 Å². The second-order valence-electron chi connectivity index (χ2n) is 8.16. The molecule has 0 spiro atoms. The van der Waals surface area contributed by atoms with Crippen LogP contribution in [-0.2, 0) is 64.0 Å². The van der Waals surface area contributed by atoms with Gasteiger partial charge >= 0.3 is 34.3 Å². The first-order chi connectivity index (χ1) is 18.2. The monoisotopic (exact) mass is 591 g/mol. The van der Waals surface area contributed by atoms with E-state index < -0.39 is 70.7 Å². The Balaban J connectivity index is 2.48. The second-order valence-corrected chi connectivity index (χ2v) is 10.3. The van der Waals surface area contributed by atoms with Crippen molar-refractivity contribution in [3.8, 4) is 0 Å². The van der Waals surface area contributed by atoms with Crippen molar-refractivity contribution in [3.63, 3.8) is 0 Å². The Kier molecular flexibility index (Phi) is 12.2. The first-order valence-electron chi connectivity index (χ1n) is 11.5. The maximum absolute atomic E-state index is 12.0.